The largest absolute Gasteiger partial charge is 0.508 e. The molecular formula is C15H25NO2. The number of hydrogen-bond donors (Lipinski definition) is 2. The Hall–Kier alpha value is -1.06. The minimum atomic E-state index is 0.122. The van der Waals surface area contributed by atoms with E-state index in [1.54, 1.807) is 13.2 Å². The molecule has 0 amide bonds. The van der Waals surface area contributed by atoms with Crippen LogP contribution >= 0.6 is 0 Å². The fourth-order valence-electron chi connectivity index (χ4n) is 2.23. The molecule has 18 heavy (non-hydrogen) atoms. The topological polar surface area (TPSA) is 41.5 Å². The molecule has 0 fully saturated rings. The molecule has 0 aliphatic rings. The zero-order valence-corrected chi connectivity index (χ0v) is 11.9. The SMILES string of the molecule is CCCC(COC)NC(C)c1ccc(C)cc1O. The molecule has 0 radical (unpaired) electrons. The third-order valence-corrected chi connectivity index (χ3v) is 3.14. The van der Waals surface area contributed by atoms with Crippen LogP contribution in [0.5, 0.6) is 5.75 Å². The first-order chi connectivity index (χ1) is 8.58. The maximum absolute atomic E-state index is 9.96. The summed E-state index contributed by atoms with van der Waals surface area (Å²) in [5.74, 6) is 0.364. The molecule has 3 heteroatoms. The lowest BCUT2D eigenvalue weighted by Crippen LogP contribution is -2.35. The molecule has 2 atom stereocenters. The molecule has 0 saturated carbocycles. The van der Waals surface area contributed by atoms with Gasteiger partial charge in [0.15, 0.2) is 0 Å². The predicted molar refractivity (Wildman–Crippen MR) is 75.0 cm³/mol. The van der Waals surface area contributed by atoms with E-state index in [-0.39, 0.29) is 6.04 Å². The number of aromatic hydroxyl groups is 1. The lowest BCUT2D eigenvalue weighted by Gasteiger charge is -2.23. The van der Waals surface area contributed by atoms with E-state index in [0.717, 1.165) is 24.0 Å². The number of rotatable bonds is 7. The summed E-state index contributed by atoms with van der Waals surface area (Å²) in [7, 11) is 1.72. The first kappa shape index (κ1) is 15.0. The molecule has 0 aliphatic carbocycles. The summed E-state index contributed by atoms with van der Waals surface area (Å²) in [5, 5.41) is 13.5. The minimum absolute atomic E-state index is 0.122. The molecule has 0 heterocycles. The average molecular weight is 251 g/mol. The highest BCUT2D eigenvalue weighted by Crippen LogP contribution is 2.25. The van der Waals surface area contributed by atoms with E-state index < -0.39 is 0 Å². The number of benzene rings is 1. The first-order valence-electron chi connectivity index (χ1n) is 6.63. The van der Waals surface area contributed by atoms with Crippen molar-refractivity contribution in [2.45, 2.75) is 45.7 Å². The lowest BCUT2D eigenvalue weighted by molar-refractivity contribution is 0.157. The minimum Gasteiger partial charge on any atom is -0.508 e. The summed E-state index contributed by atoms with van der Waals surface area (Å²) < 4.78 is 5.22. The predicted octanol–water partition coefficient (Wildman–Crippen LogP) is 3.17. The molecule has 0 saturated heterocycles. The number of phenols is 1. The Morgan fingerprint density at radius 1 is 1.39 bits per heavy atom. The second-order valence-corrected chi connectivity index (χ2v) is 4.89. The first-order valence-corrected chi connectivity index (χ1v) is 6.63. The van der Waals surface area contributed by atoms with E-state index in [9.17, 15) is 5.11 Å². The highest BCUT2D eigenvalue weighted by atomic mass is 16.5. The van der Waals surface area contributed by atoms with Gasteiger partial charge in [0.2, 0.25) is 0 Å². The van der Waals surface area contributed by atoms with Crippen molar-refractivity contribution in [1.29, 1.82) is 0 Å². The Morgan fingerprint density at radius 3 is 2.67 bits per heavy atom. The van der Waals surface area contributed by atoms with Crippen LogP contribution in [0.1, 0.15) is 43.9 Å². The lowest BCUT2D eigenvalue weighted by atomic mass is 10.0. The maximum Gasteiger partial charge on any atom is 0.120 e. The normalized spacial score (nSPS) is 14.4. The number of aryl methyl sites for hydroxylation is 1. The molecular weight excluding hydrogens is 226 g/mol. The van der Waals surface area contributed by atoms with Gasteiger partial charge < -0.3 is 15.2 Å². The molecule has 0 bridgehead atoms. The molecule has 2 N–H and O–H groups in total. The molecule has 1 rings (SSSR count). The van der Waals surface area contributed by atoms with Gasteiger partial charge in [-0.2, -0.15) is 0 Å². The van der Waals surface area contributed by atoms with Crippen LogP contribution in [0.4, 0.5) is 0 Å². The monoisotopic (exact) mass is 251 g/mol. The van der Waals surface area contributed by atoms with E-state index in [1.807, 2.05) is 19.1 Å². The Bertz CT molecular complexity index is 360. The highest BCUT2D eigenvalue weighted by molar-refractivity contribution is 5.37. The average Bonchev–Trinajstić information content (AvgIpc) is 2.29. The van der Waals surface area contributed by atoms with E-state index in [2.05, 4.69) is 19.2 Å². The second kappa shape index (κ2) is 7.39. The zero-order chi connectivity index (χ0) is 13.5. The van der Waals surface area contributed by atoms with Crippen LogP contribution in [-0.4, -0.2) is 24.9 Å². The van der Waals surface area contributed by atoms with Crippen LogP contribution in [0.25, 0.3) is 0 Å². The van der Waals surface area contributed by atoms with Gasteiger partial charge in [-0.05, 0) is 31.9 Å². The van der Waals surface area contributed by atoms with Gasteiger partial charge in [-0.25, -0.2) is 0 Å². The van der Waals surface area contributed by atoms with Gasteiger partial charge in [-0.3, -0.25) is 0 Å². The van der Waals surface area contributed by atoms with E-state index in [0.29, 0.717) is 18.4 Å². The summed E-state index contributed by atoms with van der Waals surface area (Å²) in [5.41, 5.74) is 2.02. The van der Waals surface area contributed by atoms with Crippen molar-refractivity contribution >= 4 is 0 Å². The van der Waals surface area contributed by atoms with Crippen LogP contribution in [-0.2, 0) is 4.74 Å². The third-order valence-electron chi connectivity index (χ3n) is 3.14. The molecule has 3 nitrogen and oxygen atoms in total. The zero-order valence-electron chi connectivity index (χ0n) is 11.9. The summed E-state index contributed by atoms with van der Waals surface area (Å²) in [6.07, 6.45) is 2.19. The van der Waals surface area contributed by atoms with Crippen molar-refractivity contribution in [2.75, 3.05) is 13.7 Å². The van der Waals surface area contributed by atoms with Gasteiger partial charge >= 0.3 is 0 Å². The number of phenolic OH excluding ortho intramolecular Hbond substituents is 1. The van der Waals surface area contributed by atoms with Crippen LogP contribution < -0.4 is 5.32 Å². The molecule has 102 valence electrons. The number of methoxy groups -OCH3 is 1. The fourth-order valence-corrected chi connectivity index (χ4v) is 2.23. The molecule has 0 aliphatic heterocycles. The molecule has 0 spiro atoms. The van der Waals surface area contributed by atoms with Crippen LogP contribution in [0.3, 0.4) is 0 Å². The van der Waals surface area contributed by atoms with Gasteiger partial charge in [0.25, 0.3) is 0 Å². The van der Waals surface area contributed by atoms with Crippen molar-refractivity contribution in [1.82, 2.24) is 5.32 Å². The Kier molecular flexibility index (Phi) is 6.16. The number of ether oxygens (including phenoxy) is 1. The van der Waals surface area contributed by atoms with Gasteiger partial charge in [0.05, 0.1) is 6.61 Å². The summed E-state index contributed by atoms with van der Waals surface area (Å²) >= 11 is 0. The smallest absolute Gasteiger partial charge is 0.120 e. The number of hydrogen-bond acceptors (Lipinski definition) is 3. The molecule has 0 aromatic heterocycles. The van der Waals surface area contributed by atoms with E-state index in [4.69, 9.17) is 4.74 Å². The van der Waals surface area contributed by atoms with Crippen molar-refractivity contribution < 1.29 is 9.84 Å². The fraction of sp³-hybridized carbons (Fsp3) is 0.600. The molecule has 1 aromatic rings. The van der Waals surface area contributed by atoms with Gasteiger partial charge in [-0.15, -0.1) is 0 Å². The van der Waals surface area contributed by atoms with Crippen molar-refractivity contribution in [3.63, 3.8) is 0 Å². The van der Waals surface area contributed by atoms with Gasteiger partial charge in [-0.1, -0.05) is 25.5 Å². The van der Waals surface area contributed by atoms with Crippen LogP contribution in [0.15, 0.2) is 18.2 Å². The summed E-state index contributed by atoms with van der Waals surface area (Å²) in [6.45, 7) is 6.91. The second-order valence-electron chi connectivity index (χ2n) is 4.89. The van der Waals surface area contributed by atoms with Crippen LogP contribution in [0.2, 0.25) is 0 Å². The molecule has 2 unspecified atom stereocenters. The maximum atomic E-state index is 9.96. The summed E-state index contributed by atoms with van der Waals surface area (Å²) in [4.78, 5) is 0. The number of nitrogens with one attached hydrogen (secondary N) is 1. The van der Waals surface area contributed by atoms with Crippen molar-refractivity contribution in [3.8, 4) is 5.75 Å². The van der Waals surface area contributed by atoms with E-state index >= 15 is 0 Å². The van der Waals surface area contributed by atoms with E-state index in [1.165, 1.54) is 0 Å². The standard InChI is InChI=1S/C15H25NO2/c1-5-6-13(10-18-4)16-12(3)14-8-7-11(2)9-15(14)17/h7-9,12-13,16-17H,5-6,10H2,1-4H3. The summed E-state index contributed by atoms with van der Waals surface area (Å²) in [6, 6.07) is 6.27. The quantitative estimate of drug-likeness (QED) is 0.782. The Morgan fingerprint density at radius 2 is 2.11 bits per heavy atom. The van der Waals surface area contributed by atoms with Gasteiger partial charge in [0.1, 0.15) is 5.75 Å². The highest BCUT2D eigenvalue weighted by Gasteiger charge is 2.15. The van der Waals surface area contributed by atoms with Gasteiger partial charge in [0, 0.05) is 24.8 Å². The Labute approximate surface area is 110 Å². The van der Waals surface area contributed by atoms with Crippen molar-refractivity contribution in [2.24, 2.45) is 0 Å². The molecule has 1 aromatic carbocycles. The van der Waals surface area contributed by atoms with Crippen LogP contribution in [0, 0.1) is 6.92 Å². The van der Waals surface area contributed by atoms with Crippen molar-refractivity contribution in [3.05, 3.63) is 29.3 Å². The third kappa shape index (κ3) is 4.31. The Balaban J connectivity index is 2.70.